The van der Waals surface area contributed by atoms with Gasteiger partial charge in [-0.2, -0.15) is 0 Å². The summed E-state index contributed by atoms with van der Waals surface area (Å²) in [4.78, 5) is 13.0. The maximum atomic E-state index is 11.8. The second-order valence-corrected chi connectivity index (χ2v) is 6.96. The zero-order valence-corrected chi connectivity index (χ0v) is 12.0. The van der Waals surface area contributed by atoms with Crippen LogP contribution in [-0.2, 0) is 6.42 Å². The predicted molar refractivity (Wildman–Crippen MR) is 78.5 cm³/mol. The molecule has 0 spiro atoms. The standard InChI is InChI=1S/C13H10INOS/c14-12-4-3-11(17-12)9-2-1-8-5-6-15-13(16)10(8)7-9/h1-4,7H,5-6H2,(H,15,16). The Hall–Kier alpha value is -0.880. The molecule has 4 heteroatoms. The van der Waals surface area contributed by atoms with Gasteiger partial charge >= 0.3 is 0 Å². The molecule has 2 nitrogen and oxygen atoms in total. The van der Waals surface area contributed by atoms with E-state index in [-0.39, 0.29) is 5.91 Å². The van der Waals surface area contributed by atoms with Crippen LogP contribution in [0.15, 0.2) is 30.3 Å². The van der Waals surface area contributed by atoms with Gasteiger partial charge in [-0.05, 0) is 58.3 Å². The number of rotatable bonds is 1. The van der Waals surface area contributed by atoms with Crippen molar-refractivity contribution in [3.63, 3.8) is 0 Å². The maximum Gasteiger partial charge on any atom is 0.251 e. The third kappa shape index (κ3) is 2.11. The van der Waals surface area contributed by atoms with Crippen molar-refractivity contribution in [2.45, 2.75) is 6.42 Å². The Balaban J connectivity index is 2.08. The van der Waals surface area contributed by atoms with Gasteiger partial charge in [0.1, 0.15) is 0 Å². The smallest absolute Gasteiger partial charge is 0.251 e. The molecule has 86 valence electrons. The molecule has 17 heavy (non-hydrogen) atoms. The lowest BCUT2D eigenvalue weighted by Crippen LogP contribution is -2.31. The number of thiophene rings is 1. The van der Waals surface area contributed by atoms with Crippen LogP contribution in [0.2, 0.25) is 0 Å². The summed E-state index contributed by atoms with van der Waals surface area (Å²) in [6.45, 7) is 0.752. The third-order valence-electron chi connectivity index (χ3n) is 2.89. The van der Waals surface area contributed by atoms with Crippen molar-refractivity contribution in [1.82, 2.24) is 5.32 Å². The van der Waals surface area contributed by atoms with E-state index in [9.17, 15) is 4.79 Å². The fraction of sp³-hybridized carbons (Fsp3) is 0.154. The zero-order chi connectivity index (χ0) is 11.8. The van der Waals surface area contributed by atoms with Crippen LogP contribution in [-0.4, -0.2) is 12.5 Å². The van der Waals surface area contributed by atoms with Crippen molar-refractivity contribution in [1.29, 1.82) is 0 Å². The number of benzene rings is 1. The third-order valence-corrected chi connectivity index (χ3v) is 4.84. The van der Waals surface area contributed by atoms with Crippen LogP contribution in [0.3, 0.4) is 0 Å². The summed E-state index contributed by atoms with van der Waals surface area (Å²) in [7, 11) is 0. The summed E-state index contributed by atoms with van der Waals surface area (Å²) in [5, 5.41) is 2.89. The first-order valence-corrected chi connectivity index (χ1v) is 7.30. The predicted octanol–water partition coefficient (Wildman–Crippen LogP) is 3.31. The Morgan fingerprint density at radius 1 is 1.24 bits per heavy atom. The molecule has 0 fully saturated rings. The van der Waals surface area contributed by atoms with Gasteiger partial charge in [0, 0.05) is 17.0 Å². The van der Waals surface area contributed by atoms with E-state index < -0.39 is 0 Å². The summed E-state index contributed by atoms with van der Waals surface area (Å²) >= 11 is 4.06. The summed E-state index contributed by atoms with van der Waals surface area (Å²) in [5.74, 6) is 0.0550. The van der Waals surface area contributed by atoms with Crippen LogP contribution in [0.5, 0.6) is 0 Å². The second kappa shape index (κ2) is 4.42. The van der Waals surface area contributed by atoms with Crippen LogP contribution < -0.4 is 5.32 Å². The molecule has 1 aromatic heterocycles. The van der Waals surface area contributed by atoms with Crippen LogP contribution in [0.1, 0.15) is 15.9 Å². The van der Waals surface area contributed by atoms with Gasteiger partial charge in [-0.1, -0.05) is 12.1 Å². The number of nitrogens with one attached hydrogen (secondary N) is 1. The molecule has 0 radical (unpaired) electrons. The quantitative estimate of drug-likeness (QED) is 0.782. The molecule has 1 amide bonds. The molecule has 2 heterocycles. The second-order valence-electron chi connectivity index (χ2n) is 3.98. The molecule has 3 rings (SSSR count). The van der Waals surface area contributed by atoms with Crippen LogP contribution >= 0.6 is 33.9 Å². The number of carbonyl (C=O) groups is 1. The highest BCUT2D eigenvalue weighted by molar-refractivity contribution is 14.1. The Kier molecular flexibility index (Phi) is 2.92. The van der Waals surface area contributed by atoms with Gasteiger partial charge in [0.05, 0.1) is 2.88 Å². The van der Waals surface area contributed by atoms with Crippen molar-refractivity contribution in [3.05, 3.63) is 44.3 Å². The van der Waals surface area contributed by atoms with E-state index >= 15 is 0 Å². The Morgan fingerprint density at radius 3 is 2.88 bits per heavy atom. The fourth-order valence-electron chi connectivity index (χ4n) is 2.03. The Labute approximate surface area is 117 Å². The molecule has 2 aromatic rings. The first-order chi connectivity index (χ1) is 8.24. The molecular weight excluding hydrogens is 345 g/mol. The number of fused-ring (bicyclic) bond motifs is 1. The minimum atomic E-state index is 0.0550. The van der Waals surface area contributed by atoms with Gasteiger partial charge in [-0.15, -0.1) is 11.3 Å². The highest BCUT2D eigenvalue weighted by atomic mass is 127. The van der Waals surface area contributed by atoms with Gasteiger partial charge in [-0.3, -0.25) is 4.79 Å². The van der Waals surface area contributed by atoms with E-state index in [1.54, 1.807) is 11.3 Å². The zero-order valence-electron chi connectivity index (χ0n) is 9.00. The molecule has 1 aliphatic rings. The number of hydrogen-bond donors (Lipinski definition) is 1. The summed E-state index contributed by atoms with van der Waals surface area (Å²) in [6, 6.07) is 10.4. The van der Waals surface area contributed by atoms with Crippen molar-refractivity contribution in [3.8, 4) is 10.4 Å². The molecule has 1 aliphatic heterocycles. The van der Waals surface area contributed by atoms with E-state index in [4.69, 9.17) is 0 Å². The average molecular weight is 355 g/mol. The van der Waals surface area contributed by atoms with Crippen molar-refractivity contribution in [2.75, 3.05) is 6.54 Å². The van der Waals surface area contributed by atoms with Gasteiger partial charge in [-0.25, -0.2) is 0 Å². The first kappa shape index (κ1) is 11.2. The summed E-state index contributed by atoms with van der Waals surface area (Å²) < 4.78 is 1.26. The SMILES string of the molecule is O=C1NCCc2ccc(-c3ccc(I)s3)cc21. The molecule has 1 N–H and O–H groups in total. The van der Waals surface area contributed by atoms with Gasteiger partial charge in [0.15, 0.2) is 0 Å². The molecule has 0 bridgehead atoms. The molecule has 0 aliphatic carbocycles. The topological polar surface area (TPSA) is 29.1 Å². The van der Waals surface area contributed by atoms with E-state index in [2.05, 4.69) is 52.2 Å². The maximum absolute atomic E-state index is 11.8. The largest absolute Gasteiger partial charge is 0.352 e. The number of carbonyl (C=O) groups excluding carboxylic acids is 1. The monoisotopic (exact) mass is 355 g/mol. The highest BCUT2D eigenvalue weighted by Gasteiger charge is 2.17. The average Bonchev–Trinajstić information content (AvgIpc) is 2.76. The van der Waals surface area contributed by atoms with E-state index in [1.807, 2.05) is 6.07 Å². The summed E-state index contributed by atoms with van der Waals surface area (Å²) in [6.07, 6.45) is 0.934. The van der Waals surface area contributed by atoms with Crippen LogP contribution in [0, 0.1) is 2.88 Å². The van der Waals surface area contributed by atoms with Crippen LogP contribution in [0.25, 0.3) is 10.4 Å². The van der Waals surface area contributed by atoms with E-state index in [1.165, 1.54) is 7.76 Å². The Morgan fingerprint density at radius 2 is 2.12 bits per heavy atom. The van der Waals surface area contributed by atoms with Crippen molar-refractivity contribution >= 4 is 39.8 Å². The normalized spacial score (nSPS) is 14.3. The van der Waals surface area contributed by atoms with Gasteiger partial charge in [0.2, 0.25) is 0 Å². The Bertz CT molecular complexity index is 591. The number of amides is 1. The molecule has 0 saturated carbocycles. The lowest BCUT2D eigenvalue weighted by atomic mass is 9.97. The van der Waals surface area contributed by atoms with Crippen molar-refractivity contribution < 1.29 is 4.79 Å². The molecule has 1 aromatic carbocycles. The molecule has 0 atom stereocenters. The molecular formula is C13H10INOS. The first-order valence-electron chi connectivity index (χ1n) is 5.41. The highest BCUT2D eigenvalue weighted by Crippen LogP contribution is 2.30. The van der Waals surface area contributed by atoms with E-state index in [0.717, 1.165) is 29.7 Å². The molecule has 0 unspecified atom stereocenters. The lowest BCUT2D eigenvalue weighted by Gasteiger charge is -2.16. The molecule has 0 saturated heterocycles. The van der Waals surface area contributed by atoms with Gasteiger partial charge in [0.25, 0.3) is 5.91 Å². The number of halogens is 1. The van der Waals surface area contributed by atoms with Gasteiger partial charge < -0.3 is 5.32 Å². The minimum Gasteiger partial charge on any atom is -0.352 e. The summed E-state index contributed by atoms with van der Waals surface area (Å²) in [5.41, 5.74) is 3.12. The van der Waals surface area contributed by atoms with E-state index in [0.29, 0.717) is 0 Å². The van der Waals surface area contributed by atoms with Crippen molar-refractivity contribution in [2.24, 2.45) is 0 Å². The van der Waals surface area contributed by atoms with Crippen LogP contribution in [0.4, 0.5) is 0 Å². The fourth-order valence-corrected chi connectivity index (χ4v) is 3.65. The lowest BCUT2D eigenvalue weighted by molar-refractivity contribution is 0.0946. The number of hydrogen-bond acceptors (Lipinski definition) is 2. The minimum absolute atomic E-state index is 0.0550.